The molecule has 1 unspecified atom stereocenters. The zero-order valence-electron chi connectivity index (χ0n) is 9.02. The lowest BCUT2D eigenvalue weighted by atomic mass is 10.2. The van der Waals surface area contributed by atoms with E-state index in [2.05, 4.69) is 5.32 Å². The molecule has 1 heterocycles. The molecule has 1 saturated carbocycles. The highest BCUT2D eigenvalue weighted by molar-refractivity contribution is 7.99. The van der Waals surface area contributed by atoms with E-state index in [0.717, 1.165) is 18.6 Å². The van der Waals surface area contributed by atoms with E-state index in [1.807, 2.05) is 0 Å². The number of hydrogen-bond donors (Lipinski definition) is 2. The van der Waals surface area contributed by atoms with Gasteiger partial charge in [-0.1, -0.05) is 0 Å². The third-order valence-corrected chi connectivity index (χ3v) is 3.84. The van der Waals surface area contributed by atoms with Gasteiger partial charge in [0.05, 0.1) is 6.54 Å². The van der Waals surface area contributed by atoms with Gasteiger partial charge >= 0.3 is 5.97 Å². The van der Waals surface area contributed by atoms with Gasteiger partial charge in [0.25, 0.3) is 0 Å². The molecule has 2 fully saturated rings. The standard InChI is InChI=1S/C10H16N2O3S/c13-9(11-7-1-2-7)5-12-3-4-16-6-8(12)10(14)15/h7-8H,1-6H2,(H,11,13)(H,14,15). The summed E-state index contributed by atoms with van der Waals surface area (Å²) in [6.45, 7) is 0.897. The first kappa shape index (κ1) is 11.7. The first-order chi connectivity index (χ1) is 7.66. The molecule has 2 aliphatic rings. The minimum atomic E-state index is -0.827. The van der Waals surface area contributed by atoms with Gasteiger partial charge in [0.2, 0.25) is 5.91 Å². The SMILES string of the molecule is O=C(CN1CCSCC1C(=O)O)NC1CC1. The highest BCUT2D eigenvalue weighted by atomic mass is 32.2. The van der Waals surface area contributed by atoms with Gasteiger partial charge in [-0.3, -0.25) is 14.5 Å². The van der Waals surface area contributed by atoms with Crippen LogP contribution in [0.2, 0.25) is 0 Å². The van der Waals surface area contributed by atoms with Gasteiger partial charge in [-0.15, -0.1) is 0 Å². The lowest BCUT2D eigenvalue weighted by molar-refractivity contribution is -0.143. The largest absolute Gasteiger partial charge is 0.480 e. The van der Waals surface area contributed by atoms with Gasteiger partial charge in [-0.2, -0.15) is 11.8 Å². The van der Waals surface area contributed by atoms with Gasteiger partial charge < -0.3 is 10.4 Å². The van der Waals surface area contributed by atoms with Gasteiger partial charge in [0, 0.05) is 24.1 Å². The molecule has 6 heteroatoms. The minimum Gasteiger partial charge on any atom is -0.480 e. The van der Waals surface area contributed by atoms with Crippen molar-refractivity contribution in [2.45, 2.75) is 24.9 Å². The molecule has 0 radical (unpaired) electrons. The normalized spacial score (nSPS) is 26.4. The third-order valence-electron chi connectivity index (χ3n) is 2.81. The molecule has 0 bridgehead atoms. The molecule has 5 nitrogen and oxygen atoms in total. The first-order valence-electron chi connectivity index (χ1n) is 5.51. The van der Waals surface area contributed by atoms with Crippen molar-refractivity contribution >= 4 is 23.6 Å². The lowest BCUT2D eigenvalue weighted by Crippen LogP contribution is -2.51. The number of aliphatic carboxylic acids is 1. The number of thioether (sulfide) groups is 1. The van der Waals surface area contributed by atoms with Crippen LogP contribution in [0.15, 0.2) is 0 Å². The maximum absolute atomic E-state index is 11.6. The number of nitrogens with zero attached hydrogens (tertiary/aromatic N) is 1. The van der Waals surface area contributed by atoms with Gasteiger partial charge in [0.15, 0.2) is 0 Å². The fraction of sp³-hybridized carbons (Fsp3) is 0.800. The Morgan fingerprint density at radius 3 is 2.81 bits per heavy atom. The number of carboxylic acids is 1. The Morgan fingerprint density at radius 1 is 1.44 bits per heavy atom. The van der Waals surface area contributed by atoms with E-state index in [0.29, 0.717) is 18.3 Å². The van der Waals surface area contributed by atoms with E-state index in [1.54, 1.807) is 16.7 Å². The molecule has 1 saturated heterocycles. The van der Waals surface area contributed by atoms with Crippen LogP contribution in [0, 0.1) is 0 Å². The van der Waals surface area contributed by atoms with Crippen LogP contribution in [0.25, 0.3) is 0 Å². The lowest BCUT2D eigenvalue weighted by Gasteiger charge is -2.31. The summed E-state index contributed by atoms with van der Waals surface area (Å²) in [5, 5.41) is 11.9. The summed E-state index contributed by atoms with van der Waals surface area (Å²) in [6.07, 6.45) is 2.12. The fourth-order valence-corrected chi connectivity index (χ4v) is 2.85. The molecule has 1 aliphatic heterocycles. The molecule has 2 rings (SSSR count). The highest BCUT2D eigenvalue weighted by Gasteiger charge is 2.31. The van der Waals surface area contributed by atoms with Crippen molar-refractivity contribution in [3.63, 3.8) is 0 Å². The van der Waals surface area contributed by atoms with E-state index >= 15 is 0 Å². The zero-order chi connectivity index (χ0) is 11.5. The van der Waals surface area contributed by atoms with Crippen LogP contribution in [0.1, 0.15) is 12.8 Å². The van der Waals surface area contributed by atoms with Crippen LogP contribution in [0.5, 0.6) is 0 Å². The maximum atomic E-state index is 11.6. The number of carboxylic acid groups (broad SMARTS) is 1. The third kappa shape index (κ3) is 3.12. The van der Waals surface area contributed by atoms with Crippen molar-refractivity contribution in [1.29, 1.82) is 0 Å². The minimum absolute atomic E-state index is 0.0411. The summed E-state index contributed by atoms with van der Waals surface area (Å²) >= 11 is 1.63. The molecule has 0 aromatic carbocycles. The van der Waals surface area contributed by atoms with Gasteiger partial charge in [0.1, 0.15) is 6.04 Å². The van der Waals surface area contributed by atoms with Crippen LogP contribution >= 0.6 is 11.8 Å². The number of nitrogens with one attached hydrogen (secondary N) is 1. The number of hydrogen-bond acceptors (Lipinski definition) is 4. The summed E-state index contributed by atoms with van der Waals surface area (Å²) in [4.78, 5) is 24.3. The van der Waals surface area contributed by atoms with Crippen LogP contribution in [-0.4, -0.2) is 58.6 Å². The molecule has 1 aliphatic carbocycles. The Balaban J connectivity index is 1.84. The Kier molecular flexibility index (Phi) is 3.70. The molecule has 0 aromatic heterocycles. The highest BCUT2D eigenvalue weighted by Crippen LogP contribution is 2.19. The van der Waals surface area contributed by atoms with Gasteiger partial charge in [-0.05, 0) is 12.8 Å². The topological polar surface area (TPSA) is 69.6 Å². The summed E-state index contributed by atoms with van der Waals surface area (Å²) in [5.74, 6) is 0.610. The van der Waals surface area contributed by atoms with Crippen LogP contribution in [0.3, 0.4) is 0 Å². The monoisotopic (exact) mass is 244 g/mol. The summed E-state index contributed by atoms with van der Waals surface area (Å²) in [7, 11) is 0. The van der Waals surface area contributed by atoms with Gasteiger partial charge in [-0.25, -0.2) is 0 Å². The van der Waals surface area contributed by atoms with Crippen molar-refractivity contribution in [2.24, 2.45) is 0 Å². The second kappa shape index (κ2) is 5.05. The average molecular weight is 244 g/mol. The van der Waals surface area contributed by atoms with Crippen molar-refractivity contribution in [3.8, 4) is 0 Å². The molecule has 0 aromatic rings. The summed E-state index contributed by atoms with van der Waals surface area (Å²) < 4.78 is 0. The molecular formula is C10H16N2O3S. The van der Waals surface area contributed by atoms with E-state index in [1.165, 1.54) is 0 Å². The van der Waals surface area contributed by atoms with Crippen molar-refractivity contribution in [1.82, 2.24) is 10.2 Å². The van der Waals surface area contributed by atoms with E-state index in [9.17, 15) is 9.59 Å². The Bertz CT molecular complexity index is 294. The molecule has 1 atom stereocenters. The quantitative estimate of drug-likeness (QED) is 0.715. The summed E-state index contributed by atoms with van der Waals surface area (Å²) in [6, 6.07) is -0.168. The molecule has 0 spiro atoms. The predicted molar refractivity (Wildman–Crippen MR) is 61.5 cm³/mol. The molecular weight excluding hydrogens is 228 g/mol. The van der Waals surface area contributed by atoms with Crippen LogP contribution < -0.4 is 5.32 Å². The molecule has 2 N–H and O–H groups in total. The Morgan fingerprint density at radius 2 is 2.19 bits per heavy atom. The number of rotatable bonds is 4. The number of amides is 1. The Hall–Kier alpha value is -0.750. The van der Waals surface area contributed by atoms with Crippen LogP contribution in [-0.2, 0) is 9.59 Å². The smallest absolute Gasteiger partial charge is 0.321 e. The number of carbonyl (C=O) groups excluding carboxylic acids is 1. The predicted octanol–water partition coefficient (Wildman–Crippen LogP) is -0.233. The first-order valence-corrected chi connectivity index (χ1v) is 6.66. The van der Waals surface area contributed by atoms with Crippen molar-refractivity contribution in [2.75, 3.05) is 24.6 Å². The van der Waals surface area contributed by atoms with Crippen molar-refractivity contribution in [3.05, 3.63) is 0 Å². The zero-order valence-corrected chi connectivity index (χ0v) is 9.83. The molecule has 90 valence electrons. The average Bonchev–Trinajstić information content (AvgIpc) is 3.02. The Labute approximate surface area is 98.6 Å². The maximum Gasteiger partial charge on any atom is 0.321 e. The fourth-order valence-electron chi connectivity index (χ4n) is 1.74. The summed E-state index contributed by atoms with van der Waals surface area (Å²) in [5.41, 5.74) is 0. The molecule has 16 heavy (non-hydrogen) atoms. The molecule has 1 amide bonds. The second-order valence-corrected chi connectivity index (χ2v) is 5.39. The number of carbonyl (C=O) groups is 2. The van der Waals surface area contributed by atoms with Crippen LogP contribution in [0.4, 0.5) is 0 Å². The van der Waals surface area contributed by atoms with E-state index in [-0.39, 0.29) is 12.5 Å². The van der Waals surface area contributed by atoms with E-state index in [4.69, 9.17) is 5.11 Å². The second-order valence-electron chi connectivity index (χ2n) is 4.24. The van der Waals surface area contributed by atoms with E-state index < -0.39 is 12.0 Å². The van der Waals surface area contributed by atoms with Crippen molar-refractivity contribution < 1.29 is 14.7 Å².